The van der Waals surface area contributed by atoms with Gasteiger partial charge in [0.05, 0.1) is 16.8 Å². The summed E-state index contributed by atoms with van der Waals surface area (Å²) in [7, 11) is 0. The molecular formula is C15H12BrClFN. The molecule has 0 aromatic heterocycles. The smallest absolute Gasteiger partial charge is 0.126 e. The quantitative estimate of drug-likeness (QED) is 0.778. The molecule has 4 heteroatoms. The minimum atomic E-state index is -0.109. The van der Waals surface area contributed by atoms with Crippen molar-refractivity contribution in [3.05, 3.63) is 62.8 Å². The van der Waals surface area contributed by atoms with Gasteiger partial charge in [-0.05, 0) is 48.2 Å². The topological polar surface area (TPSA) is 12.0 Å². The molecule has 1 aliphatic carbocycles. The van der Waals surface area contributed by atoms with E-state index < -0.39 is 0 Å². The van der Waals surface area contributed by atoms with E-state index in [0.29, 0.717) is 5.02 Å². The SMILES string of the molecule is Fc1cccc2c1CCC2Nc1cc(Br)ccc1Cl. The van der Waals surface area contributed by atoms with Crippen LogP contribution >= 0.6 is 27.5 Å². The van der Waals surface area contributed by atoms with E-state index in [1.54, 1.807) is 6.07 Å². The fourth-order valence-electron chi connectivity index (χ4n) is 2.56. The fourth-order valence-corrected chi connectivity index (χ4v) is 3.09. The van der Waals surface area contributed by atoms with Crippen LogP contribution in [0.5, 0.6) is 0 Å². The number of rotatable bonds is 2. The molecule has 1 nitrogen and oxygen atoms in total. The molecule has 1 unspecified atom stereocenters. The van der Waals surface area contributed by atoms with Gasteiger partial charge in [0.15, 0.2) is 0 Å². The molecule has 0 aliphatic heterocycles. The molecule has 2 aromatic carbocycles. The number of anilines is 1. The van der Waals surface area contributed by atoms with Gasteiger partial charge < -0.3 is 5.32 Å². The molecule has 0 saturated carbocycles. The van der Waals surface area contributed by atoms with E-state index in [0.717, 1.165) is 34.1 Å². The maximum absolute atomic E-state index is 13.7. The van der Waals surface area contributed by atoms with E-state index in [2.05, 4.69) is 21.2 Å². The number of halogens is 3. The summed E-state index contributed by atoms with van der Waals surface area (Å²) in [6.07, 6.45) is 1.66. The summed E-state index contributed by atoms with van der Waals surface area (Å²) in [5.74, 6) is -0.109. The summed E-state index contributed by atoms with van der Waals surface area (Å²) in [6.45, 7) is 0. The normalized spacial score (nSPS) is 17.3. The first-order chi connectivity index (χ1) is 9.15. The van der Waals surface area contributed by atoms with Gasteiger partial charge in [0, 0.05) is 4.47 Å². The third kappa shape index (κ3) is 2.49. The van der Waals surface area contributed by atoms with Gasteiger partial charge in [0.25, 0.3) is 0 Å². The number of nitrogens with one attached hydrogen (secondary N) is 1. The number of hydrogen-bond donors (Lipinski definition) is 1. The van der Waals surface area contributed by atoms with Crippen LogP contribution in [0.1, 0.15) is 23.6 Å². The lowest BCUT2D eigenvalue weighted by Crippen LogP contribution is -2.07. The van der Waals surface area contributed by atoms with Gasteiger partial charge in [0.1, 0.15) is 5.82 Å². The van der Waals surface area contributed by atoms with Crippen molar-refractivity contribution < 1.29 is 4.39 Å². The Bertz CT molecular complexity index is 630. The lowest BCUT2D eigenvalue weighted by molar-refractivity contribution is 0.612. The van der Waals surface area contributed by atoms with Crippen molar-refractivity contribution in [2.45, 2.75) is 18.9 Å². The second kappa shape index (κ2) is 5.14. The molecule has 98 valence electrons. The van der Waals surface area contributed by atoms with Gasteiger partial charge >= 0.3 is 0 Å². The summed E-state index contributed by atoms with van der Waals surface area (Å²) in [4.78, 5) is 0. The van der Waals surface area contributed by atoms with Crippen LogP contribution in [-0.2, 0) is 6.42 Å². The standard InChI is InChI=1S/C15H12BrClFN/c16-9-4-6-12(17)15(8-9)19-14-7-5-10-11(14)2-1-3-13(10)18/h1-4,6,8,14,19H,5,7H2. The minimum absolute atomic E-state index is 0.109. The van der Waals surface area contributed by atoms with Crippen molar-refractivity contribution in [2.75, 3.05) is 5.32 Å². The van der Waals surface area contributed by atoms with Crippen molar-refractivity contribution in [2.24, 2.45) is 0 Å². The van der Waals surface area contributed by atoms with Crippen LogP contribution < -0.4 is 5.32 Å². The summed E-state index contributed by atoms with van der Waals surface area (Å²) < 4.78 is 14.7. The van der Waals surface area contributed by atoms with Gasteiger partial charge in [-0.15, -0.1) is 0 Å². The summed E-state index contributed by atoms with van der Waals surface area (Å²) in [6, 6.07) is 11.1. The first kappa shape index (κ1) is 12.9. The summed E-state index contributed by atoms with van der Waals surface area (Å²) >= 11 is 9.61. The molecule has 0 spiro atoms. The average molecular weight is 341 g/mol. The molecular weight excluding hydrogens is 329 g/mol. The number of hydrogen-bond acceptors (Lipinski definition) is 1. The zero-order valence-corrected chi connectivity index (χ0v) is 12.4. The first-order valence-corrected chi connectivity index (χ1v) is 7.31. The Kier molecular flexibility index (Phi) is 3.50. The molecule has 0 heterocycles. The van der Waals surface area contributed by atoms with Crippen LogP contribution in [-0.4, -0.2) is 0 Å². The lowest BCUT2D eigenvalue weighted by Gasteiger charge is -2.17. The van der Waals surface area contributed by atoms with Crippen molar-refractivity contribution in [3.63, 3.8) is 0 Å². The highest BCUT2D eigenvalue weighted by Gasteiger charge is 2.25. The largest absolute Gasteiger partial charge is 0.377 e. The van der Waals surface area contributed by atoms with E-state index in [9.17, 15) is 4.39 Å². The second-order valence-corrected chi connectivity index (χ2v) is 5.99. The monoisotopic (exact) mass is 339 g/mol. The van der Waals surface area contributed by atoms with Crippen molar-refractivity contribution in [1.82, 2.24) is 0 Å². The third-order valence-electron chi connectivity index (χ3n) is 3.47. The molecule has 19 heavy (non-hydrogen) atoms. The Morgan fingerprint density at radius 1 is 1.26 bits per heavy atom. The van der Waals surface area contributed by atoms with Crippen molar-refractivity contribution in [3.8, 4) is 0 Å². The first-order valence-electron chi connectivity index (χ1n) is 6.14. The maximum Gasteiger partial charge on any atom is 0.126 e. The molecule has 0 fully saturated rings. The highest BCUT2D eigenvalue weighted by atomic mass is 79.9. The Morgan fingerprint density at radius 2 is 2.11 bits per heavy atom. The Morgan fingerprint density at radius 3 is 2.95 bits per heavy atom. The van der Waals surface area contributed by atoms with Crippen molar-refractivity contribution in [1.29, 1.82) is 0 Å². The van der Waals surface area contributed by atoms with E-state index in [1.165, 1.54) is 6.07 Å². The number of benzene rings is 2. The predicted octanol–water partition coefficient (Wildman–Crippen LogP) is 5.34. The molecule has 0 radical (unpaired) electrons. The Labute approximate surface area is 124 Å². The third-order valence-corrected chi connectivity index (χ3v) is 4.29. The van der Waals surface area contributed by atoms with E-state index in [1.807, 2.05) is 24.3 Å². The van der Waals surface area contributed by atoms with Gasteiger partial charge in [-0.25, -0.2) is 4.39 Å². The molecule has 1 aliphatic rings. The highest BCUT2D eigenvalue weighted by molar-refractivity contribution is 9.10. The molecule has 1 atom stereocenters. The molecule has 0 saturated heterocycles. The van der Waals surface area contributed by atoms with Crippen LogP contribution in [0.3, 0.4) is 0 Å². The van der Waals surface area contributed by atoms with Crippen LogP contribution in [0, 0.1) is 5.82 Å². The molecule has 2 aromatic rings. The van der Waals surface area contributed by atoms with Gasteiger partial charge in [-0.3, -0.25) is 0 Å². The molecule has 1 N–H and O–H groups in total. The number of fused-ring (bicyclic) bond motifs is 1. The molecule has 0 amide bonds. The molecule has 3 rings (SSSR count). The second-order valence-electron chi connectivity index (χ2n) is 4.67. The zero-order chi connectivity index (χ0) is 13.4. The van der Waals surface area contributed by atoms with Crippen molar-refractivity contribution >= 4 is 33.2 Å². The zero-order valence-electron chi connectivity index (χ0n) is 10.1. The van der Waals surface area contributed by atoms with Gasteiger partial charge in [-0.1, -0.05) is 39.7 Å². The minimum Gasteiger partial charge on any atom is -0.377 e. The Balaban J connectivity index is 1.91. The fraction of sp³-hybridized carbons (Fsp3) is 0.200. The lowest BCUT2D eigenvalue weighted by atomic mass is 10.1. The maximum atomic E-state index is 13.7. The Hall–Kier alpha value is -1.06. The summed E-state index contributed by atoms with van der Waals surface area (Å²) in [5.41, 5.74) is 2.74. The predicted molar refractivity (Wildman–Crippen MR) is 80.2 cm³/mol. The van der Waals surface area contributed by atoms with E-state index in [4.69, 9.17) is 11.6 Å². The van der Waals surface area contributed by atoms with Crippen LogP contribution in [0.15, 0.2) is 40.9 Å². The molecule has 0 bridgehead atoms. The van der Waals surface area contributed by atoms with Gasteiger partial charge in [0.2, 0.25) is 0 Å². The van der Waals surface area contributed by atoms with E-state index >= 15 is 0 Å². The van der Waals surface area contributed by atoms with E-state index in [-0.39, 0.29) is 11.9 Å². The van der Waals surface area contributed by atoms with Crippen LogP contribution in [0.4, 0.5) is 10.1 Å². The van der Waals surface area contributed by atoms with Gasteiger partial charge in [-0.2, -0.15) is 0 Å². The van der Waals surface area contributed by atoms with Crippen LogP contribution in [0.25, 0.3) is 0 Å². The van der Waals surface area contributed by atoms with Crippen LogP contribution in [0.2, 0.25) is 5.02 Å². The summed E-state index contributed by atoms with van der Waals surface area (Å²) in [5, 5.41) is 4.08. The highest BCUT2D eigenvalue weighted by Crippen LogP contribution is 2.37. The average Bonchev–Trinajstić information content (AvgIpc) is 2.79.